The molecule has 0 radical (unpaired) electrons. The van der Waals surface area contributed by atoms with Crippen molar-refractivity contribution in [2.75, 3.05) is 10.8 Å². The third kappa shape index (κ3) is 7.93. The first-order chi connectivity index (χ1) is 21.7. The van der Waals surface area contributed by atoms with Gasteiger partial charge in [0.05, 0.1) is 15.6 Å². The van der Waals surface area contributed by atoms with Crippen LogP contribution < -0.4 is 9.62 Å². The van der Waals surface area contributed by atoms with E-state index in [0.29, 0.717) is 0 Å². The SMILES string of the molecule is Cc1ccccc1CN(C(=O)CN(c1ccccc1Cl)S(=O)(=O)c1ccccc1)[C@@H](Cc1ccccc1)C(=O)NC1CCCC1. The second-order valence-corrected chi connectivity index (χ2v) is 13.7. The van der Waals surface area contributed by atoms with Crippen LogP contribution >= 0.6 is 11.6 Å². The van der Waals surface area contributed by atoms with Crippen molar-refractivity contribution in [2.45, 2.75) is 62.6 Å². The number of hydrogen-bond donors (Lipinski definition) is 1. The topological polar surface area (TPSA) is 86.8 Å². The fraction of sp³-hybridized carbons (Fsp3) is 0.278. The molecular formula is C36H38ClN3O4S. The summed E-state index contributed by atoms with van der Waals surface area (Å²) in [5.74, 6) is -0.761. The summed E-state index contributed by atoms with van der Waals surface area (Å²) in [6.45, 7) is 1.54. The highest BCUT2D eigenvalue weighted by atomic mass is 35.5. The highest BCUT2D eigenvalue weighted by Crippen LogP contribution is 2.31. The van der Waals surface area contributed by atoms with Crippen LogP contribution in [0.25, 0.3) is 0 Å². The number of nitrogens with zero attached hydrogens (tertiary/aromatic N) is 2. The lowest BCUT2D eigenvalue weighted by Gasteiger charge is -2.34. The van der Waals surface area contributed by atoms with Gasteiger partial charge >= 0.3 is 0 Å². The first kappa shape index (κ1) is 32.3. The number of benzene rings is 4. The smallest absolute Gasteiger partial charge is 0.264 e. The monoisotopic (exact) mass is 643 g/mol. The zero-order valence-electron chi connectivity index (χ0n) is 25.3. The molecule has 4 aromatic rings. The number of carbonyl (C=O) groups excluding carboxylic acids is 2. The largest absolute Gasteiger partial charge is 0.352 e. The fourth-order valence-corrected chi connectivity index (χ4v) is 7.52. The van der Waals surface area contributed by atoms with Crippen molar-refractivity contribution in [2.24, 2.45) is 0 Å². The van der Waals surface area contributed by atoms with Crippen molar-refractivity contribution in [3.05, 3.63) is 131 Å². The molecule has 1 atom stereocenters. The lowest BCUT2D eigenvalue weighted by atomic mass is 10.0. The summed E-state index contributed by atoms with van der Waals surface area (Å²) < 4.78 is 29.2. The molecule has 2 amide bonds. The van der Waals surface area contributed by atoms with Gasteiger partial charge in [-0.05, 0) is 60.7 Å². The Morgan fingerprint density at radius 1 is 0.844 bits per heavy atom. The molecule has 1 saturated carbocycles. The van der Waals surface area contributed by atoms with Gasteiger partial charge in [-0.25, -0.2) is 8.42 Å². The second-order valence-electron chi connectivity index (χ2n) is 11.4. The summed E-state index contributed by atoms with van der Waals surface area (Å²) in [6.07, 6.45) is 4.15. The molecule has 1 N–H and O–H groups in total. The molecule has 45 heavy (non-hydrogen) atoms. The summed E-state index contributed by atoms with van der Waals surface area (Å²) in [5, 5.41) is 3.39. The quantitative estimate of drug-likeness (QED) is 0.190. The average molecular weight is 644 g/mol. The lowest BCUT2D eigenvalue weighted by molar-refractivity contribution is -0.140. The molecular weight excluding hydrogens is 606 g/mol. The molecule has 0 aromatic heterocycles. The van der Waals surface area contributed by atoms with Gasteiger partial charge in [0.25, 0.3) is 10.0 Å². The Morgan fingerprint density at radius 3 is 2.11 bits per heavy atom. The van der Waals surface area contributed by atoms with Gasteiger partial charge in [-0.15, -0.1) is 0 Å². The lowest BCUT2D eigenvalue weighted by Crippen LogP contribution is -2.54. The predicted molar refractivity (Wildman–Crippen MR) is 178 cm³/mol. The van der Waals surface area contributed by atoms with Crippen molar-refractivity contribution in [1.29, 1.82) is 0 Å². The van der Waals surface area contributed by atoms with Gasteiger partial charge < -0.3 is 10.2 Å². The van der Waals surface area contributed by atoms with E-state index >= 15 is 0 Å². The van der Waals surface area contributed by atoms with E-state index in [1.165, 1.54) is 17.0 Å². The molecule has 0 spiro atoms. The molecule has 0 saturated heterocycles. The van der Waals surface area contributed by atoms with Gasteiger partial charge in [-0.3, -0.25) is 13.9 Å². The maximum atomic E-state index is 14.6. The van der Waals surface area contributed by atoms with Crippen molar-refractivity contribution < 1.29 is 18.0 Å². The third-order valence-corrected chi connectivity index (χ3v) is 10.4. The molecule has 5 rings (SSSR count). The predicted octanol–water partition coefficient (Wildman–Crippen LogP) is 6.54. The number of anilines is 1. The minimum absolute atomic E-state index is 0.0305. The van der Waals surface area contributed by atoms with Crippen LogP contribution in [0.5, 0.6) is 0 Å². The number of carbonyl (C=O) groups is 2. The number of para-hydroxylation sites is 1. The second kappa shape index (κ2) is 14.8. The molecule has 0 unspecified atom stereocenters. The highest BCUT2D eigenvalue weighted by molar-refractivity contribution is 7.92. The van der Waals surface area contributed by atoms with E-state index in [2.05, 4.69) is 5.32 Å². The minimum atomic E-state index is -4.21. The van der Waals surface area contributed by atoms with Gasteiger partial charge in [-0.2, -0.15) is 0 Å². The number of nitrogens with one attached hydrogen (secondary N) is 1. The first-order valence-corrected chi connectivity index (χ1v) is 17.1. The molecule has 4 aromatic carbocycles. The van der Waals surface area contributed by atoms with Gasteiger partial charge in [0.1, 0.15) is 12.6 Å². The summed E-state index contributed by atoms with van der Waals surface area (Å²) >= 11 is 6.55. The van der Waals surface area contributed by atoms with E-state index in [0.717, 1.165) is 46.7 Å². The molecule has 0 heterocycles. The summed E-state index contributed by atoms with van der Waals surface area (Å²) in [7, 11) is -4.21. The third-order valence-electron chi connectivity index (χ3n) is 8.31. The van der Waals surface area contributed by atoms with E-state index < -0.39 is 28.5 Å². The van der Waals surface area contributed by atoms with Crippen LogP contribution in [0.1, 0.15) is 42.4 Å². The van der Waals surface area contributed by atoms with Crippen molar-refractivity contribution in [1.82, 2.24) is 10.2 Å². The van der Waals surface area contributed by atoms with Crippen LogP contribution in [0.4, 0.5) is 5.69 Å². The van der Waals surface area contributed by atoms with Crippen molar-refractivity contribution >= 4 is 39.1 Å². The van der Waals surface area contributed by atoms with Crippen molar-refractivity contribution in [3.63, 3.8) is 0 Å². The van der Waals surface area contributed by atoms with Crippen LogP contribution in [0.2, 0.25) is 5.02 Å². The maximum Gasteiger partial charge on any atom is 0.264 e. The summed E-state index contributed by atoms with van der Waals surface area (Å²) in [4.78, 5) is 30.3. The van der Waals surface area contributed by atoms with E-state index in [9.17, 15) is 18.0 Å². The average Bonchev–Trinajstić information content (AvgIpc) is 3.56. The Labute approximate surface area is 270 Å². The van der Waals surface area contributed by atoms with Crippen LogP contribution in [0.3, 0.4) is 0 Å². The van der Waals surface area contributed by atoms with Crippen LogP contribution in [0, 0.1) is 6.92 Å². The Bertz CT molecular complexity index is 1710. The molecule has 0 bridgehead atoms. The fourth-order valence-electron chi connectivity index (χ4n) is 5.78. The van der Waals surface area contributed by atoms with Crippen LogP contribution in [-0.2, 0) is 32.6 Å². The molecule has 0 aliphatic heterocycles. The molecule has 234 valence electrons. The van der Waals surface area contributed by atoms with Gasteiger partial charge in [-0.1, -0.05) is 109 Å². The molecule has 1 fully saturated rings. The van der Waals surface area contributed by atoms with Gasteiger partial charge in [0, 0.05) is 19.0 Å². The van der Waals surface area contributed by atoms with Gasteiger partial charge in [0.15, 0.2) is 0 Å². The Kier molecular flexibility index (Phi) is 10.6. The van der Waals surface area contributed by atoms with E-state index in [1.807, 2.05) is 61.5 Å². The molecule has 1 aliphatic rings. The number of amides is 2. The molecule has 9 heteroatoms. The Balaban J connectivity index is 1.57. The number of sulfonamides is 1. The number of halogens is 1. The standard InChI is InChI=1S/C36H38ClN3O4S/c1-27-14-8-9-17-29(27)25-39(34(24-28-15-4-2-5-16-28)36(42)38-30-18-10-11-19-30)35(41)26-40(33-23-13-12-22-32(33)37)45(43,44)31-20-6-3-7-21-31/h2-9,12-17,20-23,30,34H,10-11,18-19,24-26H2,1H3,(H,38,42)/t34-/m0/s1. The van der Waals surface area contributed by atoms with Crippen molar-refractivity contribution in [3.8, 4) is 0 Å². The summed E-state index contributed by atoms with van der Waals surface area (Å²) in [5.41, 5.74) is 2.91. The van der Waals surface area contributed by atoms with E-state index in [1.54, 1.807) is 42.5 Å². The van der Waals surface area contributed by atoms with Crippen LogP contribution in [0.15, 0.2) is 114 Å². The van der Waals surface area contributed by atoms with E-state index in [4.69, 9.17) is 11.6 Å². The van der Waals surface area contributed by atoms with Crippen LogP contribution in [-0.4, -0.2) is 43.8 Å². The summed E-state index contributed by atoms with van der Waals surface area (Å²) in [6, 6.07) is 31.0. The zero-order chi connectivity index (χ0) is 31.8. The Hall–Kier alpha value is -4.14. The maximum absolute atomic E-state index is 14.6. The minimum Gasteiger partial charge on any atom is -0.352 e. The number of hydrogen-bond acceptors (Lipinski definition) is 4. The molecule has 7 nitrogen and oxygen atoms in total. The molecule has 1 aliphatic carbocycles. The number of aryl methyl sites for hydroxylation is 1. The van der Waals surface area contributed by atoms with Gasteiger partial charge in [0.2, 0.25) is 11.8 Å². The normalized spacial score (nSPS) is 14.1. The first-order valence-electron chi connectivity index (χ1n) is 15.2. The van der Waals surface area contributed by atoms with E-state index in [-0.39, 0.29) is 40.5 Å². The highest BCUT2D eigenvalue weighted by Gasteiger charge is 2.36. The Morgan fingerprint density at radius 2 is 1.44 bits per heavy atom. The number of rotatable bonds is 12. The zero-order valence-corrected chi connectivity index (χ0v) is 26.9.